The number of hydrogen-bond acceptors (Lipinski definition) is 3. The Bertz CT molecular complexity index is 852. The SMILES string of the molecule is CC1(C)[C@@H]2CC[C@@]1(C)[C@@H](N1C(=O)CC(=O)N(CCc3cccc(Cl)c3)C1=O)C2. The summed E-state index contributed by atoms with van der Waals surface area (Å²) in [6, 6.07) is 6.84. The number of urea groups is 1. The third-order valence-electron chi connectivity index (χ3n) is 7.88. The van der Waals surface area contributed by atoms with Crippen molar-refractivity contribution >= 4 is 29.4 Å². The maximum atomic E-state index is 13.2. The summed E-state index contributed by atoms with van der Waals surface area (Å²) < 4.78 is 0. The van der Waals surface area contributed by atoms with E-state index in [4.69, 9.17) is 11.6 Å². The molecule has 1 heterocycles. The number of amides is 4. The monoisotopic (exact) mass is 402 g/mol. The average Bonchev–Trinajstić information content (AvgIpc) is 2.95. The van der Waals surface area contributed by atoms with Gasteiger partial charge in [0.15, 0.2) is 0 Å². The van der Waals surface area contributed by atoms with E-state index < -0.39 is 11.9 Å². The highest BCUT2D eigenvalue weighted by Gasteiger charge is 2.64. The minimum absolute atomic E-state index is 0.0886. The standard InChI is InChI=1S/C22H27ClN2O3/c1-21(2)15-7-9-22(21,3)17(12-15)25-19(27)13-18(26)24(20(25)28)10-8-14-5-4-6-16(23)11-14/h4-6,11,15,17H,7-10,12-13H2,1-3H3/t15-,17+,22+/m1/s1. The molecule has 3 aliphatic rings. The molecule has 6 heteroatoms. The number of halogens is 1. The number of carbonyl (C=O) groups excluding carboxylic acids is 3. The largest absolute Gasteiger partial charge is 0.333 e. The van der Waals surface area contributed by atoms with Crippen LogP contribution in [-0.2, 0) is 16.0 Å². The first-order chi connectivity index (χ1) is 13.1. The van der Waals surface area contributed by atoms with Gasteiger partial charge in [0.25, 0.3) is 0 Å². The lowest BCUT2D eigenvalue weighted by molar-refractivity contribution is -0.146. The molecule has 0 aromatic heterocycles. The van der Waals surface area contributed by atoms with Crippen LogP contribution in [0.5, 0.6) is 0 Å². The Morgan fingerprint density at radius 3 is 2.50 bits per heavy atom. The predicted octanol–water partition coefficient (Wildman–Crippen LogP) is 4.28. The van der Waals surface area contributed by atoms with E-state index in [1.807, 2.05) is 18.2 Å². The van der Waals surface area contributed by atoms with Crippen molar-refractivity contribution in [3.05, 3.63) is 34.9 Å². The van der Waals surface area contributed by atoms with Crippen molar-refractivity contribution in [1.29, 1.82) is 0 Å². The highest BCUT2D eigenvalue weighted by atomic mass is 35.5. The smallest absolute Gasteiger partial charge is 0.274 e. The fraction of sp³-hybridized carbons (Fsp3) is 0.591. The van der Waals surface area contributed by atoms with Gasteiger partial charge in [0.1, 0.15) is 6.42 Å². The molecule has 28 heavy (non-hydrogen) atoms. The van der Waals surface area contributed by atoms with Crippen molar-refractivity contribution in [3.8, 4) is 0 Å². The summed E-state index contributed by atoms with van der Waals surface area (Å²) in [7, 11) is 0. The van der Waals surface area contributed by atoms with Crippen LogP contribution >= 0.6 is 11.6 Å². The molecule has 0 unspecified atom stereocenters. The maximum Gasteiger partial charge on any atom is 0.333 e. The molecule has 1 aromatic rings. The summed E-state index contributed by atoms with van der Waals surface area (Å²) in [5, 5.41) is 0.628. The van der Waals surface area contributed by atoms with Crippen LogP contribution in [0.2, 0.25) is 5.02 Å². The molecule has 4 rings (SSSR count). The number of nitrogens with zero attached hydrogens (tertiary/aromatic N) is 2. The third kappa shape index (κ3) is 2.78. The fourth-order valence-electron chi connectivity index (χ4n) is 5.67. The Labute approximate surface area is 171 Å². The summed E-state index contributed by atoms with van der Waals surface area (Å²) in [5.74, 6) is -0.231. The van der Waals surface area contributed by atoms with E-state index in [2.05, 4.69) is 20.8 Å². The summed E-state index contributed by atoms with van der Waals surface area (Å²) in [6.45, 7) is 6.98. The molecule has 2 bridgehead atoms. The van der Waals surface area contributed by atoms with Crippen molar-refractivity contribution in [2.24, 2.45) is 16.7 Å². The zero-order valence-corrected chi connectivity index (χ0v) is 17.5. The first-order valence-electron chi connectivity index (χ1n) is 10.1. The number of imide groups is 2. The number of hydrogen-bond donors (Lipinski definition) is 0. The second-order valence-electron chi connectivity index (χ2n) is 9.27. The van der Waals surface area contributed by atoms with Gasteiger partial charge in [-0.1, -0.05) is 44.5 Å². The minimum atomic E-state index is -0.446. The first-order valence-corrected chi connectivity index (χ1v) is 10.4. The average molecular weight is 403 g/mol. The van der Waals surface area contributed by atoms with E-state index in [0.717, 1.165) is 24.8 Å². The second-order valence-corrected chi connectivity index (χ2v) is 9.71. The third-order valence-corrected chi connectivity index (χ3v) is 8.12. The van der Waals surface area contributed by atoms with E-state index in [-0.39, 0.29) is 35.7 Å². The van der Waals surface area contributed by atoms with Crippen molar-refractivity contribution in [1.82, 2.24) is 9.80 Å². The molecule has 2 aliphatic carbocycles. The van der Waals surface area contributed by atoms with Gasteiger partial charge >= 0.3 is 6.03 Å². The number of fused-ring (bicyclic) bond motifs is 2. The van der Waals surface area contributed by atoms with Gasteiger partial charge < -0.3 is 0 Å². The lowest BCUT2D eigenvalue weighted by Gasteiger charge is -2.46. The van der Waals surface area contributed by atoms with E-state index in [1.165, 1.54) is 9.80 Å². The quantitative estimate of drug-likeness (QED) is 0.706. The van der Waals surface area contributed by atoms with Crippen molar-refractivity contribution in [2.45, 2.75) is 58.9 Å². The maximum absolute atomic E-state index is 13.2. The first kappa shape index (κ1) is 19.4. The highest BCUT2D eigenvalue weighted by Crippen LogP contribution is 2.66. The molecule has 3 fully saturated rings. The summed E-state index contributed by atoms with van der Waals surface area (Å²) >= 11 is 6.03. The Morgan fingerprint density at radius 2 is 1.89 bits per heavy atom. The summed E-state index contributed by atoms with van der Waals surface area (Å²) in [5.41, 5.74) is 0.956. The van der Waals surface area contributed by atoms with Gasteiger partial charge in [-0.25, -0.2) is 4.79 Å². The lowest BCUT2D eigenvalue weighted by Crippen LogP contribution is -2.61. The number of carbonyl (C=O) groups is 3. The molecular weight excluding hydrogens is 376 g/mol. The molecule has 0 N–H and O–H groups in total. The van der Waals surface area contributed by atoms with Gasteiger partial charge in [-0.05, 0) is 60.1 Å². The van der Waals surface area contributed by atoms with Gasteiger partial charge in [0.2, 0.25) is 11.8 Å². The summed E-state index contributed by atoms with van der Waals surface area (Å²) in [6.07, 6.45) is 3.31. The van der Waals surface area contributed by atoms with Crippen LogP contribution < -0.4 is 0 Å². The molecule has 4 amide bonds. The van der Waals surface area contributed by atoms with Crippen molar-refractivity contribution in [3.63, 3.8) is 0 Å². The van der Waals surface area contributed by atoms with Gasteiger partial charge in [-0.15, -0.1) is 0 Å². The Balaban J connectivity index is 1.55. The van der Waals surface area contributed by atoms with Crippen molar-refractivity contribution < 1.29 is 14.4 Å². The molecule has 2 saturated carbocycles. The van der Waals surface area contributed by atoms with E-state index in [1.54, 1.807) is 6.07 Å². The lowest BCUT2D eigenvalue weighted by atomic mass is 9.68. The molecular formula is C22H27ClN2O3. The molecule has 3 atom stereocenters. The van der Waals surface area contributed by atoms with Crippen LogP contribution in [0.25, 0.3) is 0 Å². The van der Waals surface area contributed by atoms with Gasteiger partial charge in [-0.3, -0.25) is 19.4 Å². The molecule has 1 aromatic carbocycles. The Morgan fingerprint density at radius 1 is 1.14 bits per heavy atom. The Hall–Kier alpha value is -1.88. The summed E-state index contributed by atoms with van der Waals surface area (Å²) in [4.78, 5) is 41.1. The predicted molar refractivity (Wildman–Crippen MR) is 107 cm³/mol. The van der Waals surface area contributed by atoms with Crippen LogP contribution in [0.3, 0.4) is 0 Å². The van der Waals surface area contributed by atoms with Crippen molar-refractivity contribution in [2.75, 3.05) is 6.54 Å². The fourth-order valence-corrected chi connectivity index (χ4v) is 5.88. The molecule has 150 valence electrons. The van der Waals surface area contributed by atoms with Gasteiger partial charge in [0, 0.05) is 17.6 Å². The van der Waals surface area contributed by atoms with Gasteiger partial charge in [0.05, 0.1) is 0 Å². The van der Waals surface area contributed by atoms with Crippen LogP contribution in [0.1, 0.15) is 52.0 Å². The molecule has 1 aliphatic heterocycles. The van der Waals surface area contributed by atoms with Gasteiger partial charge in [-0.2, -0.15) is 0 Å². The topological polar surface area (TPSA) is 57.7 Å². The highest BCUT2D eigenvalue weighted by molar-refractivity contribution is 6.30. The zero-order chi connectivity index (χ0) is 20.3. The second kappa shape index (κ2) is 6.58. The molecule has 0 radical (unpaired) electrons. The normalized spacial score (nSPS) is 31.8. The van der Waals surface area contributed by atoms with E-state index in [0.29, 0.717) is 17.4 Å². The van der Waals surface area contributed by atoms with E-state index >= 15 is 0 Å². The number of rotatable bonds is 4. The van der Waals surface area contributed by atoms with Crippen LogP contribution in [-0.4, -0.2) is 40.2 Å². The minimum Gasteiger partial charge on any atom is -0.274 e. The zero-order valence-electron chi connectivity index (χ0n) is 16.7. The number of benzene rings is 1. The van der Waals surface area contributed by atoms with Crippen LogP contribution in [0, 0.1) is 16.7 Å². The van der Waals surface area contributed by atoms with Crippen LogP contribution in [0.4, 0.5) is 4.79 Å². The van der Waals surface area contributed by atoms with E-state index in [9.17, 15) is 14.4 Å². The number of barbiturate groups is 1. The molecule has 0 spiro atoms. The molecule has 5 nitrogen and oxygen atoms in total. The Kier molecular flexibility index (Phi) is 4.57. The van der Waals surface area contributed by atoms with Crippen LogP contribution in [0.15, 0.2) is 24.3 Å². The molecule has 1 saturated heterocycles.